The summed E-state index contributed by atoms with van der Waals surface area (Å²) in [4.78, 5) is 21.5. The average molecular weight is 457 g/mol. The average Bonchev–Trinajstić information content (AvgIpc) is 2.81. The van der Waals surface area contributed by atoms with Crippen LogP contribution in [0.3, 0.4) is 0 Å². The van der Waals surface area contributed by atoms with Crippen LogP contribution in [0, 0.1) is 6.92 Å². The number of ether oxygens (including phenoxy) is 2. The van der Waals surface area contributed by atoms with Gasteiger partial charge in [0, 0.05) is 31.3 Å². The van der Waals surface area contributed by atoms with Gasteiger partial charge in [0.1, 0.15) is 5.75 Å². The van der Waals surface area contributed by atoms with Gasteiger partial charge in [0.2, 0.25) is 5.91 Å². The van der Waals surface area contributed by atoms with Crippen molar-refractivity contribution in [2.75, 3.05) is 18.5 Å². The molecule has 2 aromatic carbocycles. The molecule has 0 atom stereocenters. The molecular formula is C24H22F3N3O3. The number of benzene rings is 2. The van der Waals surface area contributed by atoms with E-state index in [1.165, 1.54) is 6.07 Å². The molecule has 0 bridgehead atoms. The molecule has 3 aromatic rings. The molecule has 0 saturated carbocycles. The number of rotatable bonds is 5. The van der Waals surface area contributed by atoms with Crippen molar-refractivity contribution >= 4 is 11.6 Å². The summed E-state index contributed by atoms with van der Waals surface area (Å²) in [6.45, 7) is 2.37. The Bertz CT molecular complexity index is 1130. The van der Waals surface area contributed by atoms with E-state index in [2.05, 4.69) is 15.3 Å². The van der Waals surface area contributed by atoms with Crippen molar-refractivity contribution in [1.82, 2.24) is 9.97 Å². The van der Waals surface area contributed by atoms with Crippen LogP contribution in [0.5, 0.6) is 11.8 Å². The summed E-state index contributed by atoms with van der Waals surface area (Å²) in [6, 6.07) is 11.9. The van der Waals surface area contributed by atoms with Gasteiger partial charge in [-0.3, -0.25) is 4.79 Å². The fraction of sp³-hybridized carbons (Fsp3) is 0.292. The zero-order valence-electron chi connectivity index (χ0n) is 17.9. The monoisotopic (exact) mass is 457 g/mol. The first-order valence-corrected chi connectivity index (χ1v) is 10.4. The standard InChI is InChI=1S/C24H22F3N3O3/c1-16-14-19(33-22-28-10-3-11-29-22)6-7-20(16)30-21(31)23(8-12-32-13-9-23)17-4-2-5-18(15-17)24(25,26)27/h2-7,10-11,14-15H,8-9,12-13H2,1H3,(H,30,31). The number of amides is 1. The van der Waals surface area contributed by atoms with Crippen LogP contribution in [-0.2, 0) is 21.1 Å². The van der Waals surface area contributed by atoms with E-state index in [-0.39, 0.29) is 38.0 Å². The number of hydrogen-bond donors (Lipinski definition) is 1. The summed E-state index contributed by atoms with van der Waals surface area (Å²) in [7, 11) is 0. The van der Waals surface area contributed by atoms with Crippen molar-refractivity contribution in [1.29, 1.82) is 0 Å². The third kappa shape index (κ3) is 4.98. The van der Waals surface area contributed by atoms with Gasteiger partial charge in [-0.2, -0.15) is 13.2 Å². The van der Waals surface area contributed by atoms with Gasteiger partial charge >= 0.3 is 12.2 Å². The van der Waals surface area contributed by atoms with Crippen molar-refractivity contribution in [3.05, 3.63) is 77.6 Å². The molecule has 0 spiro atoms. The molecule has 6 nitrogen and oxygen atoms in total. The number of halogens is 3. The molecule has 1 N–H and O–H groups in total. The summed E-state index contributed by atoms with van der Waals surface area (Å²) >= 11 is 0. The minimum atomic E-state index is -4.49. The maximum absolute atomic E-state index is 13.5. The largest absolute Gasteiger partial charge is 0.424 e. The third-order valence-electron chi connectivity index (χ3n) is 5.72. The second-order valence-electron chi connectivity index (χ2n) is 7.84. The minimum Gasteiger partial charge on any atom is -0.424 e. The first-order valence-electron chi connectivity index (χ1n) is 10.4. The van der Waals surface area contributed by atoms with Crippen LogP contribution in [0.1, 0.15) is 29.5 Å². The number of carbonyl (C=O) groups is 1. The number of anilines is 1. The second kappa shape index (κ2) is 9.19. The van der Waals surface area contributed by atoms with Crippen molar-refractivity contribution in [3.63, 3.8) is 0 Å². The molecule has 0 aliphatic carbocycles. The fourth-order valence-electron chi connectivity index (χ4n) is 3.89. The molecule has 9 heteroatoms. The molecule has 0 radical (unpaired) electrons. The Labute approximate surface area is 188 Å². The van der Waals surface area contributed by atoms with Crippen molar-refractivity contribution in [3.8, 4) is 11.8 Å². The molecule has 0 unspecified atom stereocenters. The van der Waals surface area contributed by atoms with Gasteiger partial charge in [0.15, 0.2) is 0 Å². The van der Waals surface area contributed by atoms with Gasteiger partial charge in [0.25, 0.3) is 0 Å². The minimum absolute atomic E-state index is 0.194. The van der Waals surface area contributed by atoms with E-state index in [4.69, 9.17) is 9.47 Å². The molecule has 172 valence electrons. The molecular weight excluding hydrogens is 435 g/mol. The van der Waals surface area contributed by atoms with E-state index >= 15 is 0 Å². The lowest BCUT2D eigenvalue weighted by atomic mass is 9.73. The Hall–Kier alpha value is -3.46. The summed E-state index contributed by atoms with van der Waals surface area (Å²) in [5, 5.41) is 2.91. The molecule has 1 aliphatic rings. The van der Waals surface area contributed by atoms with Crippen LogP contribution < -0.4 is 10.1 Å². The first-order chi connectivity index (χ1) is 15.8. The lowest BCUT2D eigenvalue weighted by Gasteiger charge is -2.36. The van der Waals surface area contributed by atoms with Gasteiger partial charge < -0.3 is 14.8 Å². The topological polar surface area (TPSA) is 73.3 Å². The fourth-order valence-corrected chi connectivity index (χ4v) is 3.89. The molecule has 1 saturated heterocycles. The van der Waals surface area contributed by atoms with Crippen molar-refractivity contribution < 1.29 is 27.4 Å². The van der Waals surface area contributed by atoms with Gasteiger partial charge in [0.05, 0.1) is 11.0 Å². The first kappa shape index (κ1) is 22.7. The number of aryl methyl sites for hydroxylation is 1. The molecule has 1 aromatic heterocycles. The van der Waals surface area contributed by atoms with E-state index in [0.717, 1.165) is 17.7 Å². The molecule has 1 fully saturated rings. The lowest BCUT2D eigenvalue weighted by molar-refractivity contribution is -0.138. The molecule has 1 aliphatic heterocycles. The highest BCUT2D eigenvalue weighted by molar-refractivity contribution is 6.00. The van der Waals surface area contributed by atoms with E-state index in [9.17, 15) is 18.0 Å². The Morgan fingerprint density at radius 1 is 1.06 bits per heavy atom. The van der Waals surface area contributed by atoms with Gasteiger partial charge in [-0.1, -0.05) is 18.2 Å². The van der Waals surface area contributed by atoms with Crippen LogP contribution in [0.4, 0.5) is 18.9 Å². The van der Waals surface area contributed by atoms with E-state index in [1.54, 1.807) is 49.6 Å². The van der Waals surface area contributed by atoms with E-state index in [1.807, 2.05) is 0 Å². The number of aromatic nitrogens is 2. The van der Waals surface area contributed by atoms with E-state index < -0.39 is 17.2 Å². The predicted octanol–water partition coefficient (Wildman–Crippen LogP) is 5.28. The molecule has 1 amide bonds. The van der Waals surface area contributed by atoms with Crippen molar-refractivity contribution in [2.45, 2.75) is 31.4 Å². The number of nitrogens with zero attached hydrogens (tertiary/aromatic N) is 2. The number of alkyl halides is 3. The van der Waals surface area contributed by atoms with E-state index in [0.29, 0.717) is 17.0 Å². The number of nitrogens with one attached hydrogen (secondary N) is 1. The Kier molecular flexibility index (Phi) is 6.33. The predicted molar refractivity (Wildman–Crippen MR) is 115 cm³/mol. The second-order valence-corrected chi connectivity index (χ2v) is 7.84. The molecule has 2 heterocycles. The zero-order chi connectivity index (χ0) is 23.5. The van der Waals surface area contributed by atoms with Gasteiger partial charge in [-0.05, 0) is 61.2 Å². The Balaban J connectivity index is 1.59. The van der Waals surface area contributed by atoms with Gasteiger partial charge in [-0.25, -0.2) is 9.97 Å². The van der Waals surface area contributed by atoms with Crippen LogP contribution >= 0.6 is 0 Å². The van der Waals surface area contributed by atoms with Crippen LogP contribution in [0.25, 0.3) is 0 Å². The summed E-state index contributed by atoms with van der Waals surface area (Å²) in [5.74, 6) is 0.128. The van der Waals surface area contributed by atoms with Crippen LogP contribution in [0.2, 0.25) is 0 Å². The quantitative estimate of drug-likeness (QED) is 0.564. The summed E-state index contributed by atoms with van der Waals surface area (Å²) < 4.78 is 50.9. The molecule has 33 heavy (non-hydrogen) atoms. The maximum Gasteiger partial charge on any atom is 0.416 e. The zero-order valence-corrected chi connectivity index (χ0v) is 17.9. The van der Waals surface area contributed by atoms with Crippen LogP contribution in [0.15, 0.2) is 60.9 Å². The number of carbonyl (C=O) groups excluding carboxylic acids is 1. The van der Waals surface area contributed by atoms with Crippen LogP contribution in [-0.4, -0.2) is 29.1 Å². The summed E-state index contributed by atoms with van der Waals surface area (Å²) in [6.07, 6.45) is -0.805. The summed E-state index contributed by atoms with van der Waals surface area (Å²) in [5.41, 5.74) is -0.308. The molecule has 4 rings (SSSR count). The van der Waals surface area contributed by atoms with Crippen molar-refractivity contribution in [2.24, 2.45) is 0 Å². The number of hydrogen-bond acceptors (Lipinski definition) is 5. The SMILES string of the molecule is Cc1cc(Oc2ncccn2)ccc1NC(=O)C1(c2cccc(C(F)(F)F)c2)CCOCC1. The highest BCUT2D eigenvalue weighted by Gasteiger charge is 2.43. The lowest BCUT2D eigenvalue weighted by Crippen LogP contribution is -2.45. The smallest absolute Gasteiger partial charge is 0.416 e. The maximum atomic E-state index is 13.5. The third-order valence-corrected chi connectivity index (χ3v) is 5.72. The van der Waals surface area contributed by atoms with Gasteiger partial charge in [-0.15, -0.1) is 0 Å². The highest BCUT2D eigenvalue weighted by Crippen LogP contribution is 2.39. The normalized spacial score (nSPS) is 15.6. The Morgan fingerprint density at radius 3 is 2.45 bits per heavy atom. The highest BCUT2D eigenvalue weighted by atomic mass is 19.4. The Morgan fingerprint density at radius 2 is 1.79 bits per heavy atom.